The summed E-state index contributed by atoms with van der Waals surface area (Å²) in [6, 6.07) is 17.1. The van der Waals surface area contributed by atoms with Crippen molar-refractivity contribution in [2.24, 2.45) is 0 Å². The average molecular weight is 518 g/mol. The number of piperazine rings is 1. The van der Waals surface area contributed by atoms with Crippen LogP contribution in [0.3, 0.4) is 0 Å². The molecule has 178 valence electrons. The largest absolute Gasteiger partial charge is 0.368 e. The Morgan fingerprint density at radius 1 is 0.882 bits per heavy atom. The Hall–Kier alpha value is -2.74. The van der Waals surface area contributed by atoms with E-state index in [-0.39, 0.29) is 21.4 Å². The first-order valence-corrected chi connectivity index (χ1v) is 13.1. The quantitative estimate of drug-likeness (QED) is 0.493. The van der Waals surface area contributed by atoms with Crippen LogP contribution in [0.1, 0.15) is 21.5 Å². The highest BCUT2D eigenvalue weighted by Gasteiger charge is 2.26. The molecule has 0 unspecified atom stereocenters. The Labute approximate surface area is 210 Å². The Morgan fingerprint density at radius 2 is 1.56 bits per heavy atom. The number of hydrogen-bond acceptors (Lipinski definition) is 4. The van der Waals surface area contributed by atoms with E-state index in [1.54, 1.807) is 23.1 Å². The van der Waals surface area contributed by atoms with Crippen LogP contribution in [0.5, 0.6) is 0 Å². The van der Waals surface area contributed by atoms with Crippen LogP contribution in [-0.4, -0.2) is 45.4 Å². The zero-order valence-corrected chi connectivity index (χ0v) is 21.2. The van der Waals surface area contributed by atoms with E-state index < -0.39 is 10.0 Å². The fourth-order valence-corrected chi connectivity index (χ4v) is 5.68. The molecular weight excluding hydrogens is 493 g/mol. The van der Waals surface area contributed by atoms with Crippen LogP contribution in [0.4, 0.5) is 11.4 Å². The standard InChI is InChI=1S/C25H25Cl2N3O3S/c1-17-3-8-21(9-4-17)28-34(32,33)24-15-19(6-10-22(24)27)25(31)30-13-11-29(12-14-30)23-16-20(26)7-5-18(23)2/h3-10,15-16,28H,11-14H2,1-2H3. The second-order valence-corrected chi connectivity index (χ2v) is 10.8. The Kier molecular flexibility index (Phi) is 7.07. The number of hydrogen-bond donors (Lipinski definition) is 1. The molecule has 4 rings (SSSR count). The van der Waals surface area contributed by atoms with Gasteiger partial charge in [-0.05, 0) is 61.9 Å². The van der Waals surface area contributed by atoms with Crippen molar-refractivity contribution in [3.8, 4) is 0 Å². The van der Waals surface area contributed by atoms with Gasteiger partial charge in [-0.25, -0.2) is 8.42 Å². The number of amides is 1. The molecule has 1 N–H and O–H groups in total. The molecule has 1 saturated heterocycles. The third-order valence-electron chi connectivity index (χ3n) is 5.85. The van der Waals surface area contributed by atoms with Gasteiger partial charge in [-0.1, -0.05) is 47.0 Å². The summed E-state index contributed by atoms with van der Waals surface area (Å²) in [5.74, 6) is -0.231. The highest BCUT2D eigenvalue weighted by molar-refractivity contribution is 7.92. The zero-order chi connectivity index (χ0) is 24.5. The minimum Gasteiger partial charge on any atom is -0.368 e. The highest BCUT2D eigenvalue weighted by Crippen LogP contribution is 2.28. The summed E-state index contributed by atoms with van der Waals surface area (Å²) in [4.78, 5) is 17.0. The molecule has 1 amide bonds. The average Bonchev–Trinajstić information content (AvgIpc) is 2.82. The molecule has 3 aromatic carbocycles. The van der Waals surface area contributed by atoms with Crippen LogP contribution in [0.2, 0.25) is 10.0 Å². The van der Waals surface area contributed by atoms with Crippen molar-refractivity contribution in [1.82, 2.24) is 4.90 Å². The summed E-state index contributed by atoms with van der Waals surface area (Å²) in [5, 5.41) is 0.727. The number of nitrogens with zero attached hydrogens (tertiary/aromatic N) is 2. The second-order valence-electron chi connectivity index (χ2n) is 8.33. The molecule has 9 heteroatoms. The molecule has 1 fully saturated rings. The maximum absolute atomic E-state index is 13.2. The van der Waals surface area contributed by atoms with Crippen molar-refractivity contribution >= 4 is 50.5 Å². The van der Waals surface area contributed by atoms with Gasteiger partial charge in [-0.2, -0.15) is 0 Å². The normalized spacial score (nSPS) is 14.2. The van der Waals surface area contributed by atoms with Crippen LogP contribution < -0.4 is 9.62 Å². The van der Waals surface area contributed by atoms with Gasteiger partial charge in [0.15, 0.2) is 0 Å². The van der Waals surface area contributed by atoms with Crippen molar-refractivity contribution in [2.45, 2.75) is 18.7 Å². The van der Waals surface area contributed by atoms with E-state index in [0.29, 0.717) is 36.9 Å². The van der Waals surface area contributed by atoms with E-state index in [9.17, 15) is 13.2 Å². The summed E-state index contributed by atoms with van der Waals surface area (Å²) < 4.78 is 28.5. The lowest BCUT2D eigenvalue weighted by Gasteiger charge is -2.37. The third-order valence-corrected chi connectivity index (χ3v) is 7.95. The first-order valence-electron chi connectivity index (χ1n) is 10.8. The first-order chi connectivity index (χ1) is 16.1. The predicted molar refractivity (Wildman–Crippen MR) is 138 cm³/mol. The number of nitrogens with one attached hydrogen (secondary N) is 1. The second kappa shape index (κ2) is 9.86. The van der Waals surface area contributed by atoms with Crippen LogP contribution >= 0.6 is 23.2 Å². The van der Waals surface area contributed by atoms with Crippen LogP contribution in [0, 0.1) is 13.8 Å². The Balaban J connectivity index is 1.50. The number of anilines is 2. The fraction of sp³-hybridized carbons (Fsp3) is 0.240. The molecular formula is C25H25Cl2N3O3S. The topological polar surface area (TPSA) is 69.7 Å². The summed E-state index contributed by atoms with van der Waals surface area (Å²) in [6.45, 7) is 6.28. The first kappa shape index (κ1) is 24.4. The van der Waals surface area contributed by atoms with Gasteiger partial charge in [0.1, 0.15) is 4.90 Å². The minimum atomic E-state index is -3.97. The van der Waals surface area contributed by atoms with E-state index in [1.165, 1.54) is 12.1 Å². The SMILES string of the molecule is Cc1ccc(NS(=O)(=O)c2cc(C(=O)N3CCN(c4cc(Cl)ccc4C)CC3)ccc2Cl)cc1. The number of carbonyl (C=O) groups is 1. The maximum atomic E-state index is 13.2. The van der Waals surface area contributed by atoms with Crippen molar-refractivity contribution in [3.05, 3.63) is 87.4 Å². The van der Waals surface area contributed by atoms with Crippen molar-refractivity contribution in [1.29, 1.82) is 0 Å². The Morgan fingerprint density at radius 3 is 2.24 bits per heavy atom. The fourth-order valence-electron chi connectivity index (χ4n) is 3.93. The van der Waals surface area contributed by atoms with E-state index >= 15 is 0 Å². The molecule has 0 radical (unpaired) electrons. The summed E-state index contributed by atoms with van der Waals surface area (Å²) >= 11 is 12.4. The number of sulfonamides is 1. The molecule has 1 aliphatic rings. The van der Waals surface area contributed by atoms with E-state index in [0.717, 1.165) is 16.8 Å². The monoisotopic (exact) mass is 517 g/mol. The molecule has 0 saturated carbocycles. The number of halogens is 2. The molecule has 0 spiro atoms. The lowest BCUT2D eigenvalue weighted by molar-refractivity contribution is 0.0746. The van der Waals surface area contributed by atoms with E-state index in [1.807, 2.05) is 44.2 Å². The molecule has 0 bridgehead atoms. The molecule has 0 aromatic heterocycles. The van der Waals surface area contributed by atoms with Crippen LogP contribution in [0.15, 0.2) is 65.6 Å². The lowest BCUT2D eigenvalue weighted by atomic mass is 10.1. The van der Waals surface area contributed by atoms with E-state index in [4.69, 9.17) is 23.2 Å². The number of carbonyl (C=O) groups excluding carboxylic acids is 1. The van der Waals surface area contributed by atoms with Gasteiger partial charge in [-0.15, -0.1) is 0 Å². The number of rotatable bonds is 5. The number of benzene rings is 3. The number of aryl methyl sites for hydroxylation is 2. The van der Waals surface area contributed by atoms with Gasteiger partial charge in [0.2, 0.25) is 0 Å². The molecule has 0 atom stereocenters. The zero-order valence-electron chi connectivity index (χ0n) is 18.9. The van der Waals surface area contributed by atoms with Crippen molar-refractivity contribution in [3.63, 3.8) is 0 Å². The third kappa shape index (κ3) is 5.32. The Bertz CT molecular complexity index is 1320. The van der Waals surface area contributed by atoms with Gasteiger partial charge in [0, 0.05) is 48.1 Å². The van der Waals surface area contributed by atoms with Gasteiger partial charge in [-0.3, -0.25) is 9.52 Å². The van der Waals surface area contributed by atoms with Gasteiger partial charge >= 0.3 is 0 Å². The lowest BCUT2D eigenvalue weighted by Crippen LogP contribution is -2.49. The molecule has 34 heavy (non-hydrogen) atoms. The van der Waals surface area contributed by atoms with Gasteiger partial charge in [0.05, 0.1) is 5.02 Å². The van der Waals surface area contributed by atoms with E-state index in [2.05, 4.69) is 9.62 Å². The summed E-state index contributed by atoms with van der Waals surface area (Å²) in [7, 11) is -3.97. The predicted octanol–water partition coefficient (Wildman–Crippen LogP) is 5.37. The molecule has 6 nitrogen and oxygen atoms in total. The highest BCUT2D eigenvalue weighted by atomic mass is 35.5. The van der Waals surface area contributed by atoms with Gasteiger partial charge < -0.3 is 9.80 Å². The molecule has 3 aromatic rings. The summed E-state index contributed by atoms with van der Waals surface area (Å²) in [6.07, 6.45) is 0. The molecule has 1 heterocycles. The smallest absolute Gasteiger partial charge is 0.263 e. The summed E-state index contributed by atoms with van der Waals surface area (Å²) in [5.41, 5.74) is 3.89. The minimum absolute atomic E-state index is 0.0532. The molecule has 0 aliphatic carbocycles. The van der Waals surface area contributed by atoms with Crippen molar-refractivity contribution < 1.29 is 13.2 Å². The molecule has 1 aliphatic heterocycles. The van der Waals surface area contributed by atoms with Crippen LogP contribution in [-0.2, 0) is 10.0 Å². The maximum Gasteiger partial charge on any atom is 0.263 e. The van der Waals surface area contributed by atoms with Gasteiger partial charge in [0.25, 0.3) is 15.9 Å². The van der Waals surface area contributed by atoms with Crippen molar-refractivity contribution in [2.75, 3.05) is 35.8 Å². The van der Waals surface area contributed by atoms with Crippen LogP contribution in [0.25, 0.3) is 0 Å².